The summed E-state index contributed by atoms with van der Waals surface area (Å²) in [5.41, 5.74) is 0. The first kappa shape index (κ1) is 14.3. The molecular formula is C16H32N2. The smallest absolute Gasteiger partial charge is 0.0218 e. The summed E-state index contributed by atoms with van der Waals surface area (Å²) in [7, 11) is 0. The molecule has 1 aliphatic carbocycles. The second-order valence-electron chi connectivity index (χ2n) is 6.86. The molecule has 2 fully saturated rings. The first-order valence-corrected chi connectivity index (χ1v) is 8.14. The topological polar surface area (TPSA) is 15.3 Å². The molecule has 0 spiro atoms. The maximum Gasteiger partial charge on any atom is 0.0218 e. The largest absolute Gasteiger partial charge is 0.311 e. The van der Waals surface area contributed by atoms with Gasteiger partial charge in [0.1, 0.15) is 0 Å². The molecule has 18 heavy (non-hydrogen) atoms. The summed E-state index contributed by atoms with van der Waals surface area (Å²) in [6, 6.07) is 0.714. The SMILES string of the molecule is CCC1CCC(CN2CCNC(C(C)C)C2)CC1. The van der Waals surface area contributed by atoms with Crippen LogP contribution in [0.5, 0.6) is 0 Å². The van der Waals surface area contributed by atoms with Crippen molar-refractivity contribution in [3.8, 4) is 0 Å². The highest BCUT2D eigenvalue weighted by Crippen LogP contribution is 2.31. The van der Waals surface area contributed by atoms with Gasteiger partial charge in [-0.25, -0.2) is 0 Å². The summed E-state index contributed by atoms with van der Waals surface area (Å²) in [6.45, 7) is 12.1. The van der Waals surface area contributed by atoms with Crippen molar-refractivity contribution in [1.29, 1.82) is 0 Å². The molecule has 0 amide bonds. The monoisotopic (exact) mass is 252 g/mol. The van der Waals surface area contributed by atoms with Gasteiger partial charge in [0.05, 0.1) is 0 Å². The van der Waals surface area contributed by atoms with Crippen molar-refractivity contribution >= 4 is 0 Å². The minimum absolute atomic E-state index is 0.714. The molecule has 1 N–H and O–H groups in total. The Morgan fingerprint density at radius 2 is 1.78 bits per heavy atom. The van der Waals surface area contributed by atoms with Crippen LogP contribution in [0.1, 0.15) is 52.9 Å². The zero-order chi connectivity index (χ0) is 13.0. The average Bonchev–Trinajstić information content (AvgIpc) is 2.40. The van der Waals surface area contributed by atoms with E-state index in [-0.39, 0.29) is 0 Å². The van der Waals surface area contributed by atoms with Gasteiger partial charge in [-0.15, -0.1) is 0 Å². The van der Waals surface area contributed by atoms with Gasteiger partial charge in [0.15, 0.2) is 0 Å². The predicted octanol–water partition coefficient (Wildman–Crippen LogP) is 3.13. The van der Waals surface area contributed by atoms with Gasteiger partial charge in [0.2, 0.25) is 0 Å². The Morgan fingerprint density at radius 3 is 2.39 bits per heavy atom. The van der Waals surface area contributed by atoms with Crippen LogP contribution >= 0.6 is 0 Å². The molecule has 0 bridgehead atoms. The first-order valence-electron chi connectivity index (χ1n) is 8.14. The van der Waals surface area contributed by atoms with Crippen molar-refractivity contribution in [3.05, 3.63) is 0 Å². The number of nitrogens with zero attached hydrogens (tertiary/aromatic N) is 1. The fraction of sp³-hybridized carbons (Fsp3) is 1.00. The fourth-order valence-electron chi connectivity index (χ4n) is 3.64. The van der Waals surface area contributed by atoms with E-state index in [1.54, 1.807) is 0 Å². The molecule has 1 aliphatic heterocycles. The van der Waals surface area contributed by atoms with Gasteiger partial charge in [-0.2, -0.15) is 0 Å². The first-order chi connectivity index (χ1) is 8.69. The third kappa shape index (κ3) is 3.96. The van der Waals surface area contributed by atoms with Crippen molar-refractivity contribution in [2.24, 2.45) is 17.8 Å². The van der Waals surface area contributed by atoms with Gasteiger partial charge in [-0.1, -0.05) is 40.0 Å². The summed E-state index contributed by atoms with van der Waals surface area (Å²) in [5.74, 6) is 2.79. The summed E-state index contributed by atoms with van der Waals surface area (Å²) in [5, 5.41) is 3.66. The van der Waals surface area contributed by atoms with Crippen LogP contribution in [0.25, 0.3) is 0 Å². The van der Waals surface area contributed by atoms with E-state index in [1.165, 1.54) is 58.3 Å². The van der Waals surface area contributed by atoms with Crippen LogP contribution in [0.4, 0.5) is 0 Å². The van der Waals surface area contributed by atoms with E-state index in [2.05, 4.69) is 31.0 Å². The summed E-state index contributed by atoms with van der Waals surface area (Å²) >= 11 is 0. The fourth-order valence-corrected chi connectivity index (χ4v) is 3.64. The molecule has 2 heteroatoms. The number of rotatable bonds is 4. The van der Waals surface area contributed by atoms with Crippen LogP contribution in [0.15, 0.2) is 0 Å². The van der Waals surface area contributed by atoms with Crippen molar-refractivity contribution in [1.82, 2.24) is 10.2 Å². The van der Waals surface area contributed by atoms with Crippen LogP contribution < -0.4 is 5.32 Å². The van der Waals surface area contributed by atoms with Gasteiger partial charge in [-0.05, 0) is 30.6 Å². The maximum atomic E-state index is 3.66. The van der Waals surface area contributed by atoms with Crippen LogP contribution in [-0.2, 0) is 0 Å². The van der Waals surface area contributed by atoms with Crippen LogP contribution in [0.3, 0.4) is 0 Å². The normalized spacial score (nSPS) is 35.0. The highest BCUT2D eigenvalue weighted by molar-refractivity contribution is 4.83. The van der Waals surface area contributed by atoms with E-state index in [1.807, 2.05) is 0 Å². The number of nitrogens with one attached hydrogen (secondary N) is 1. The third-order valence-corrected chi connectivity index (χ3v) is 5.15. The number of hydrogen-bond donors (Lipinski definition) is 1. The molecule has 1 unspecified atom stereocenters. The zero-order valence-corrected chi connectivity index (χ0v) is 12.6. The summed E-state index contributed by atoms with van der Waals surface area (Å²) in [6.07, 6.45) is 7.33. The van der Waals surface area contributed by atoms with Crippen molar-refractivity contribution in [3.63, 3.8) is 0 Å². The third-order valence-electron chi connectivity index (χ3n) is 5.15. The molecule has 0 aromatic carbocycles. The Morgan fingerprint density at radius 1 is 1.11 bits per heavy atom. The summed E-state index contributed by atoms with van der Waals surface area (Å²) < 4.78 is 0. The Labute approximate surface area is 114 Å². The van der Waals surface area contributed by atoms with Crippen molar-refractivity contribution < 1.29 is 0 Å². The van der Waals surface area contributed by atoms with Crippen LogP contribution in [0, 0.1) is 17.8 Å². The lowest BCUT2D eigenvalue weighted by atomic mass is 9.80. The molecule has 1 saturated carbocycles. The lowest BCUT2D eigenvalue weighted by Gasteiger charge is -2.39. The molecule has 2 rings (SSSR count). The van der Waals surface area contributed by atoms with E-state index in [0.717, 1.165) is 17.8 Å². The molecular weight excluding hydrogens is 220 g/mol. The number of hydrogen-bond acceptors (Lipinski definition) is 2. The minimum Gasteiger partial charge on any atom is -0.311 e. The van der Waals surface area contributed by atoms with Crippen LogP contribution in [-0.4, -0.2) is 37.1 Å². The van der Waals surface area contributed by atoms with Gasteiger partial charge in [0, 0.05) is 32.2 Å². The van der Waals surface area contributed by atoms with Gasteiger partial charge in [0.25, 0.3) is 0 Å². The van der Waals surface area contributed by atoms with Crippen LogP contribution in [0.2, 0.25) is 0 Å². The zero-order valence-electron chi connectivity index (χ0n) is 12.6. The van der Waals surface area contributed by atoms with Gasteiger partial charge < -0.3 is 10.2 Å². The second-order valence-corrected chi connectivity index (χ2v) is 6.86. The van der Waals surface area contributed by atoms with E-state index in [0.29, 0.717) is 6.04 Å². The standard InChI is InChI=1S/C16H32N2/c1-4-14-5-7-15(8-6-14)11-18-10-9-17-16(12-18)13(2)3/h13-17H,4-12H2,1-3H3. The average molecular weight is 252 g/mol. The molecule has 106 valence electrons. The molecule has 1 saturated heterocycles. The van der Waals surface area contributed by atoms with E-state index in [4.69, 9.17) is 0 Å². The molecule has 2 aliphatic rings. The highest BCUT2D eigenvalue weighted by atomic mass is 15.2. The van der Waals surface area contributed by atoms with Gasteiger partial charge in [-0.3, -0.25) is 0 Å². The van der Waals surface area contributed by atoms with Gasteiger partial charge >= 0.3 is 0 Å². The highest BCUT2D eigenvalue weighted by Gasteiger charge is 2.26. The quantitative estimate of drug-likeness (QED) is 0.827. The van der Waals surface area contributed by atoms with Crippen molar-refractivity contribution in [2.75, 3.05) is 26.2 Å². The minimum atomic E-state index is 0.714. The Kier molecular flexibility index (Phi) is 5.50. The maximum absolute atomic E-state index is 3.66. The van der Waals surface area contributed by atoms with Crippen molar-refractivity contribution in [2.45, 2.75) is 58.9 Å². The molecule has 1 heterocycles. The molecule has 2 nitrogen and oxygen atoms in total. The van der Waals surface area contributed by atoms with E-state index < -0.39 is 0 Å². The Hall–Kier alpha value is -0.0800. The summed E-state index contributed by atoms with van der Waals surface area (Å²) in [4.78, 5) is 2.72. The number of piperazine rings is 1. The second kappa shape index (κ2) is 6.91. The molecule has 1 atom stereocenters. The predicted molar refractivity (Wildman–Crippen MR) is 78.8 cm³/mol. The lowest BCUT2D eigenvalue weighted by Crippen LogP contribution is -2.53. The Bertz CT molecular complexity index is 231. The molecule has 0 aromatic heterocycles. The molecule has 0 aromatic rings. The Balaban J connectivity index is 1.73. The molecule has 0 radical (unpaired) electrons. The lowest BCUT2D eigenvalue weighted by molar-refractivity contribution is 0.131. The van der Waals surface area contributed by atoms with E-state index >= 15 is 0 Å². The van der Waals surface area contributed by atoms with E-state index in [9.17, 15) is 0 Å².